The van der Waals surface area contributed by atoms with E-state index in [1.54, 1.807) is 11.3 Å². The maximum absolute atomic E-state index is 5.76. The second kappa shape index (κ2) is 6.65. The molecule has 1 aliphatic carbocycles. The number of fused-ring (bicyclic) bond motifs is 1. The van der Waals surface area contributed by atoms with E-state index in [-0.39, 0.29) is 0 Å². The van der Waals surface area contributed by atoms with Gasteiger partial charge in [-0.15, -0.1) is 0 Å². The van der Waals surface area contributed by atoms with Gasteiger partial charge in [0.25, 0.3) is 0 Å². The molecule has 0 atom stereocenters. The van der Waals surface area contributed by atoms with E-state index in [4.69, 9.17) is 9.72 Å². The fourth-order valence-corrected chi connectivity index (χ4v) is 4.00. The number of hydrogen-bond acceptors (Lipinski definition) is 4. The summed E-state index contributed by atoms with van der Waals surface area (Å²) in [7, 11) is 0. The van der Waals surface area contributed by atoms with Crippen molar-refractivity contribution in [2.24, 2.45) is 0 Å². The molecule has 21 heavy (non-hydrogen) atoms. The van der Waals surface area contributed by atoms with Crippen molar-refractivity contribution < 1.29 is 4.74 Å². The summed E-state index contributed by atoms with van der Waals surface area (Å²) in [6, 6.07) is 4.83. The number of aryl methyl sites for hydroxylation is 1. The van der Waals surface area contributed by atoms with Gasteiger partial charge in [0.05, 0.1) is 16.8 Å². The van der Waals surface area contributed by atoms with Crippen molar-refractivity contribution in [2.45, 2.75) is 58.4 Å². The topological polar surface area (TPSA) is 34.1 Å². The molecule has 0 bridgehead atoms. The summed E-state index contributed by atoms with van der Waals surface area (Å²) in [5.74, 6) is 0.967. The van der Waals surface area contributed by atoms with Crippen molar-refractivity contribution in [3.8, 4) is 5.75 Å². The maximum Gasteiger partial charge on any atom is 0.184 e. The Balaban J connectivity index is 1.79. The lowest BCUT2D eigenvalue weighted by Gasteiger charge is -2.22. The smallest absolute Gasteiger partial charge is 0.184 e. The molecular weight excluding hydrogens is 280 g/mol. The van der Waals surface area contributed by atoms with E-state index in [0.29, 0.717) is 6.04 Å². The second-order valence-corrected chi connectivity index (χ2v) is 6.96. The molecule has 0 spiro atoms. The molecular formula is C17H24N2OS. The third-order valence-electron chi connectivity index (χ3n) is 4.06. The molecule has 4 heteroatoms. The zero-order chi connectivity index (χ0) is 14.7. The molecule has 1 aromatic carbocycles. The van der Waals surface area contributed by atoms with Crippen molar-refractivity contribution >= 4 is 26.7 Å². The largest absolute Gasteiger partial charge is 0.494 e. The molecule has 0 radical (unpaired) electrons. The summed E-state index contributed by atoms with van der Waals surface area (Å²) in [6.45, 7) is 5.02. The number of anilines is 1. The molecule has 1 saturated carbocycles. The number of ether oxygens (including phenoxy) is 1. The van der Waals surface area contributed by atoms with Crippen LogP contribution in [0.4, 0.5) is 5.13 Å². The van der Waals surface area contributed by atoms with Crippen LogP contribution in [0.5, 0.6) is 5.75 Å². The van der Waals surface area contributed by atoms with Gasteiger partial charge in [0.15, 0.2) is 5.13 Å². The van der Waals surface area contributed by atoms with Crippen LogP contribution in [-0.2, 0) is 0 Å². The van der Waals surface area contributed by atoms with Gasteiger partial charge >= 0.3 is 0 Å². The van der Waals surface area contributed by atoms with E-state index in [2.05, 4.69) is 31.3 Å². The lowest BCUT2D eigenvalue weighted by atomic mass is 9.96. The van der Waals surface area contributed by atoms with E-state index in [1.165, 1.54) is 42.4 Å². The maximum atomic E-state index is 5.76. The van der Waals surface area contributed by atoms with E-state index in [1.807, 2.05) is 0 Å². The highest BCUT2D eigenvalue weighted by atomic mass is 32.1. The fraction of sp³-hybridized carbons (Fsp3) is 0.588. The molecule has 1 N–H and O–H groups in total. The number of nitrogens with zero attached hydrogens (tertiary/aromatic N) is 1. The van der Waals surface area contributed by atoms with E-state index in [9.17, 15) is 0 Å². The Morgan fingerprint density at radius 2 is 2.10 bits per heavy atom. The average molecular weight is 304 g/mol. The molecule has 1 aliphatic rings. The molecule has 3 nitrogen and oxygen atoms in total. The lowest BCUT2D eigenvalue weighted by molar-refractivity contribution is 0.318. The van der Waals surface area contributed by atoms with Gasteiger partial charge in [-0.2, -0.15) is 0 Å². The summed E-state index contributed by atoms with van der Waals surface area (Å²) in [6.07, 6.45) is 7.66. The first-order chi connectivity index (χ1) is 10.3. The number of rotatable bonds is 5. The molecule has 1 fully saturated rings. The molecule has 0 aliphatic heterocycles. The van der Waals surface area contributed by atoms with Crippen molar-refractivity contribution in [3.05, 3.63) is 17.7 Å². The molecule has 1 aromatic heterocycles. The number of nitrogens with one attached hydrogen (secondary N) is 1. The monoisotopic (exact) mass is 304 g/mol. The normalized spacial score (nSPS) is 16.3. The van der Waals surface area contributed by atoms with Crippen LogP contribution in [0, 0.1) is 6.92 Å². The second-order valence-electron chi connectivity index (χ2n) is 5.93. The summed E-state index contributed by atoms with van der Waals surface area (Å²) >= 11 is 1.75. The van der Waals surface area contributed by atoms with Gasteiger partial charge in [-0.05, 0) is 43.9 Å². The molecule has 0 amide bonds. The van der Waals surface area contributed by atoms with E-state index >= 15 is 0 Å². The van der Waals surface area contributed by atoms with Crippen molar-refractivity contribution in [3.63, 3.8) is 0 Å². The van der Waals surface area contributed by atoms with Gasteiger partial charge in [0.1, 0.15) is 5.75 Å². The van der Waals surface area contributed by atoms with Crippen LogP contribution in [0.2, 0.25) is 0 Å². The molecule has 2 aromatic rings. The number of aromatic nitrogens is 1. The van der Waals surface area contributed by atoms with Crippen LogP contribution in [0.15, 0.2) is 12.1 Å². The Kier molecular flexibility index (Phi) is 4.63. The van der Waals surface area contributed by atoms with E-state index in [0.717, 1.165) is 29.4 Å². The quantitative estimate of drug-likeness (QED) is 0.830. The standard InChI is InChI=1S/C17H24N2OS/c1-3-9-20-14-10-12(2)16-15(11-14)21-17(19-16)18-13-7-5-4-6-8-13/h10-11,13H,3-9H2,1-2H3,(H,18,19). The molecule has 1 heterocycles. The van der Waals surface area contributed by atoms with Gasteiger partial charge in [-0.1, -0.05) is 37.5 Å². The Labute approximate surface area is 130 Å². The summed E-state index contributed by atoms with van der Waals surface area (Å²) < 4.78 is 6.98. The van der Waals surface area contributed by atoms with Crippen molar-refractivity contribution in [1.29, 1.82) is 0 Å². The zero-order valence-electron chi connectivity index (χ0n) is 12.9. The minimum absolute atomic E-state index is 0.607. The van der Waals surface area contributed by atoms with Gasteiger partial charge in [0.2, 0.25) is 0 Å². The minimum atomic E-state index is 0.607. The molecule has 0 unspecified atom stereocenters. The fourth-order valence-electron chi connectivity index (χ4n) is 2.95. The summed E-state index contributed by atoms with van der Waals surface area (Å²) in [5, 5.41) is 4.69. The Hall–Kier alpha value is -1.29. The first kappa shape index (κ1) is 14.6. The number of benzene rings is 1. The first-order valence-corrected chi connectivity index (χ1v) is 8.88. The van der Waals surface area contributed by atoms with Crippen LogP contribution < -0.4 is 10.1 Å². The van der Waals surface area contributed by atoms with Crippen LogP contribution in [-0.4, -0.2) is 17.6 Å². The zero-order valence-corrected chi connectivity index (χ0v) is 13.8. The number of thiazole rings is 1. The summed E-state index contributed by atoms with van der Waals surface area (Å²) in [5.41, 5.74) is 2.31. The van der Waals surface area contributed by atoms with Crippen molar-refractivity contribution in [1.82, 2.24) is 4.98 Å². The lowest BCUT2D eigenvalue weighted by Crippen LogP contribution is -2.21. The highest BCUT2D eigenvalue weighted by Crippen LogP contribution is 2.33. The predicted octanol–water partition coefficient (Wildman–Crippen LogP) is 5.14. The van der Waals surface area contributed by atoms with Crippen LogP contribution in [0.3, 0.4) is 0 Å². The van der Waals surface area contributed by atoms with Crippen molar-refractivity contribution in [2.75, 3.05) is 11.9 Å². The Bertz CT molecular complexity index is 602. The highest BCUT2D eigenvalue weighted by Gasteiger charge is 2.15. The number of hydrogen-bond donors (Lipinski definition) is 1. The van der Waals surface area contributed by atoms with Gasteiger partial charge in [-0.3, -0.25) is 0 Å². The minimum Gasteiger partial charge on any atom is -0.494 e. The molecule has 0 saturated heterocycles. The van der Waals surface area contributed by atoms with Gasteiger partial charge in [-0.25, -0.2) is 4.98 Å². The Morgan fingerprint density at radius 3 is 2.86 bits per heavy atom. The first-order valence-electron chi connectivity index (χ1n) is 8.07. The van der Waals surface area contributed by atoms with E-state index < -0.39 is 0 Å². The van der Waals surface area contributed by atoms with Crippen LogP contribution >= 0.6 is 11.3 Å². The van der Waals surface area contributed by atoms with Gasteiger partial charge < -0.3 is 10.1 Å². The van der Waals surface area contributed by atoms with Crippen LogP contribution in [0.25, 0.3) is 10.2 Å². The average Bonchev–Trinajstić information content (AvgIpc) is 2.89. The van der Waals surface area contributed by atoms with Crippen LogP contribution in [0.1, 0.15) is 51.0 Å². The SMILES string of the molecule is CCCOc1cc(C)c2nc(NC3CCCCC3)sc2c1. The summed E-state index contributed by atoms with van der Waals surface area (Å²) in [4.78, 5) is 4.78. The Morgan fingerprint density at radius 1 is 1.29 bits per heavy atom. The predicted molar refractivity (Wildman–Crippen MR) is 90.6 cm³/mol. The third kappa shape index (κ3) is 3.49. The van der Waals surface area contributed by atoms with Gasteiger partial charge in [0, 0.05) is 6.04 Å². The molecule has 114 valence electrons. The highest BCUT2D eigenvalue weighted by molar-refractivity contribution is 7.22. The molecule has 3 rings (SSSR count). The third-order valence-corrected chi connectivity index (χ3v) is 5.00.